The van der Waals surface area contributed by atoms with E-state index < -0.39 is 5.97 Å². The first-order valence-corrected chi connectivity index (χ1v) is 16.1. The number of carbonyl (C=O) groups excluding carboxylic acids is 1. The van der Waals surface area contributed by atoms with Crippen molar-refractivity contribution in [1.82, 2.24) is 4.68 Å². The van der Waals surface area contributed by atoms with Crippen LogP contribution in [0.5, 0.6) is 0 Å². The molecule has 0 bridgehead atoms. The maximum Gasteiger partial charge on any atom is 0.338 e. The molecule has 0 spiro atoms. The molecule has 0 fully saturated rings. The quantitative estimate of drug-likeness (QED) is 0.0742. The van der Waals surface area contributed by atoms with Gasteiger partial charge in [0.05, 0.1) is 35.1 Å². The molecule has 1 aromatic heterocycles. The highest BCUT2D eigenvalue weighted by Gasteiger charge is 2.22. The number of nitrogens with zero attached hydrogens (tertiary/aromatic N) is 2. The number of hydrogen-bond acceptors (Lipinski definition) is 4. The molecule has 0 radical (unpaired) electrons. The molecule has 238 valence electrons. The number of allylic oxidation sites excluding steroid dienone is 2. The Hall–Kier alpha value is -6.46. The summed E-state index contributed by atoms with van der Waals surface area (Å²) in [6.45, 7) is 7.86. The minimum absolute atomic E-state index is 0.354. The number of anilines is 1. The molecule has 0 atom stereocenters. The number of fused-ring (bicyclic) bond motifs is 5. The predicted octanol–water partition coefficient (Wildman–Crippen LogP) is 10.2. The molecule has 0 aliphatic carbocycles. The third-order valence-corrected chi connectivity index (χ3v) is 9.14. The lowest BCUT2D eigenvalue weighted by Gasteiger charge is -2.26. The van der Waals surface area contributed by atoms with Crippen LogP contribution in [0.15, 0.2) is 164 Å². The Balaban J connectivity index is 1.41. The van der Waals surface area contributed by atoms with Gasteiger partial charge in [0.1, 0.15) is 0 Å². The number of carbonyl (C=O) groups is 1. The summed E-state index contributed by atoms with van der Waals surface area (Å²) in [6.07, 6.45) is 3.18. The molecule has 0 aliphatic heterocycles. The number of benzene rings is 6. The van der Waals surface area contributed by atoms with Crippen LogP contribution in [0, 0.1) is 5.41 Å². The van der Waals surface area contributed by atoms with Crippen LogP contribution < -0.4 is 5.01 Å². The first-order chi connectivity index (χ1) is 23.9. The number of methoxy groups -OCH3 is 1. The van der Waals surface area contributed by atoms with Gasteiger partial charge in [-0.1, -0.05) is 141 Å². The summed E-state index contributed by atoms with van der Waals surface area (Å²) in [6, 6.07) is 45.4. The molecule has 0 saturated carbocycles. The largest absolute Gasteiger partial charge is 0.465 e. The number of ether oxygens (including phenoxy) is 1. The molecule has 7 rings (SSSR count). The monoisotopic (exact) mass is 637 g/mol. The van der Waals surface area contributed by atoms with Gasteiger partial charge in [0.2, 0.25) is 0 Å². The van der Waals surface area contributed by atoms with E-state index in [4.69, 9.17) is 4.74 Å². The van der Waals surface area contributed by atoms with Crippen molar-refractivity contribution in [2.75, 3.05) is 19.2 Å². The van der Waals surface area contributed by atoms with Gasteiger partial charge in [-0.3, -0.25) is 15.1 Å². The van der Waals surface area contributed by atoms with Gasteiger partial charge in [-0.15, -0.1) is 0 Å². The van der Waals surface area contributed by atoms with Gasteiger partial charge in [-0.2, -0.15) is 0 Å². The molecule has 5 heteroatoms. The molecular formula is C44H35N3O2. The van der Waals surface area contributed by atoms with Crippen LogP contribution in [-0.4, -0.2) is 30.5 Å². The Kier molecular flexibility index (Phi) is 8.25. The van der Waals surface area contributed by atoms with Crippen molar-refractivity contribution < 1.29 is 9.53 Å². The first kappa shape index (κ1) is 31.2. The second-order valence-electron chi connectivity index (χ2n) is 11.8. The van der Waals surface area contributed by atoms with Crippen molar-refractivity contribution in [3.05, 3.63) is 181 Å². The molecule has 1 heterocycles. The molecule has 7 aromatic rings. The average molecular weight is 638 g/mol. The van der Waals surface area contributed by atoms with Crippen LogP contribution in [0.1, 0.15) is 16.7 Å². The number of esters is 1. The van der Waals surface area contributed by atoms with Crippen LogP contribution in [-0.2, 0) is 9.53 Å². The highest BCUT2D eigenvalue weighted by molar-refractivity contribution is 6.19. The molecule has 0 unspecified atom stereocenters. The van der Waals surface area contributed by atoms with Gasteiger partial charge in [-0.25, -0.2) is 4.79 Å². The lowest BCUT2D eigenvalue weighted by atomic mass is 9.97. The molecule has 0 aliphatic rings. The van der Waals surface area contributed by atoms with E-state index in [9.17, 15) is 10.2 Å². The summed E-state index contributed by atoms with van der Waals surface area (Å²) < 4.78 is 7.27. The lowest BCUT2D eigenvalue weighted by molar-refractivity contribution is -0.135. The maximum absolute atomic E-state index is 12.6. The van der Waals surface area contributed by atoms with Gasteiger partial charge < -0.3 is 4.74 Å². The predicted molar refractivity (Wildman–Crippen MR) is 204 cm³/mol. The molecule has 0 saturated heterocycles. The molecule has 1 N–H and O–H groups in total. The van der Waals surface area contributed by atoms with Crippen molar-refractivity contribution >= 4 is 55.5 Å². The third kappa shape index (κ3) is 5.41. The van der Waals surface area contributed by atoms with Gasteiger partial charge in [-0.05, 0) is 45.8 Å². The van der Waals surface area contributed by atoms with Crippen LogP contribution in [0.4, 0.5) is 5.69 Å². The van der Waals surface area contributed by atoms with Crippen molar-refractivity contribution in [3.8, 4) is 11.1 Å². The standard InChI is InChI=1S/C44H35N3O2/c1-5-34(35(6-2)44(48)49-4)33-25-27-41-39(28-33)37-26-24-31-16-10-11-17-36(31)43(37)47(41)46(3)40-19-13-12-18-38(40)42(45)32-22-20-30(21-23-32)29-14-8-7-9-15-29/h5-28,45H,1-2H2,3-4H3/b35-34-,45-42?. The number of nitrogens with one attached hydrogen (secondary N) is 1. The van der Waals surface area contributed by atoms with Crippen LogP contribution in [0.25, 0.3) is 49.3 Å². The Morgan fingerprint density at radius 2 is 1.39 bits per heavy atom. The zero-order valence-corrected chi connectivity index (χ0v) is 27.5. The van der Waals surface area contributed by atoms with Gasteiger partial charge in [0.15, 0.2) is 0 Å². The summed E-state index contributed by atoms with van der Waals surface area (Å²) >= 11 is 0. The summed E-state index contributed by atoms with van der Waals surface area (Å²) in [5, 5.41) is 15.8. The molecule has 6 aromatic carbocycles. The fourth-order valence-corrected chi connectivity index (χ4v) is 6.72. The topological polar surface area (TPSA) is 58.3 Å². The lowest BCUT2D eigenvalue weighted by Crippen LogP contribution is -2.26. The number of rotatable bonds is 9. The second kappa shape index (κ2) is 13.0. The highest BCUT2D eigenvalue weighted by Crippen LogP contribution is 2.38. The molecule has 0 amide bonds. The van der Waals surface area contributed by atoms with E-state index in [-0.39, 0.29) is 0 Å². The molecule has 49 heavy (non-hydrogen) atoms. The zero-order valence-electron chi connectivity index (χ0n) is 27.5. The fourth-order valence-electron chi connectivity index (χ4n) is 6.72. The summed E-state index contributed by atoms with van der Waals surface area (Å²) in [5.41, 5.74) is 9.10. The maximum atomic E-state index is 12.6. The first-order valence-electron chi connectivity index (χ1n) is 16.1. The Labute approximate surface area is 285 Å². The van der Waals surface area contributed by atoms with Gasteiger partial charge >= 0.3 is 5.97 Å². The third-order valence-electron chi connectivity index (χ3n) is 9.14. The normalized spacial score (nSPS) is 11.7. The van der Waals surface area contributed by atoms with Crippen molar-refractivity contribution in [2.24, 2.45) is 0 Å². The van der Waals surface area contributed by atoms with Crippen molar-refractivity contribution in [1.29, 1.82) is 5.41 Å². The number of aromatic nitrogens is 1. The minimum Gasteiger partial charge on any atom is -0.465 e. The number of hydrogen-bond donors (Lipinski definition) is 1. The Bertz CT molecular complexity index is 2450. The van der Waals surface area contributed by atoms with Gasteiger partial charge in [0.25, 0.3) is 0 Å². The summed E-state index contributed by atoms with van der Waals surface area (Å²) in [5.74, 6) is -0.466. The van der Waals surface area contributed by atoms with E-state index in [0.717, 1.165) is 66.1 Å². The van der Waals surface area contributed by atoms with Gasteiger partial charge in [0, 0.05) is 34.3 Å². The highest BCUT2D eigenvalue weighted by atomic mass is 16.5. The minimum atomic E-state index is -0.466. The molecular weight excluding hydrogens is 603 g/mol. The number of para-hydroxylation sites is 1. The van der Waals surface area contributed by atoms with E-state index >= 15 is 0 Å². The summed E-state index contributed by atoms with van der Waals surface area (Å²) in [7, 11) is 3.41. The van der Waals surface area contributed by atoms with E-state index in [1.165, 1.54) is 13.2 Å². The van der Waals surface area contributed by atoms with E-state index in [1.54, 1.807) is 6.08 Å². The summed E-state index contributed by atoms with van der Waals surface area (Å²) in [4.78, 5) is 12.6. The van der Waals surface area contributed by atoms with E-state index in [0.29, 0.717) is 16.9 Å². The SMILES string of the molecule is C=C/C(C(=O)OC)=C(\C=C)c1ccc2c(c1)c1ccc3ccccc3c1n2N(C)c1ccccc1C(=N)c1ccc(-c2ccccc2)cc1. The van der Waals surface area contributed by atoms with Crippen LogP contribution >= 0.6 is 0 Å². The Morgan fingerprint density at radius 3 is 2.12 bits per heavy atom. The average Bonchev–Trinajstić information content (AvgIpc) is 3.50. The smallest absolute Gasteiger partial charge is 0.338 e. The Morgan fingerprint density at radius 1 is 0.714 bits per heavy atom. The van der Waals surface area contributed by atoms with Crippen LogP contribution in [0.3, 0.4) is 0 Å². The van der Waals surface area contributed by atoms with Crippen molar-refractivity contribution in [2.45, 2.75) is 0 Å². The fraction of sp³-hybridized carbons (Fsp3) is 0.0455. The van der Waals surface area contributed by atoms with Crippen molar-refractivity contribution in [3.63, 3.8) is 0 Å². The zero-order chi connectivity index (χ0) is 34.1. The van der Waals surface area contributed by atoms with E-state index in [1.807, 2.05) is 67.7 Å². The van der Waals surface area contributed by atoms with Crippen LogP contribution in [0.2, 0.25) is 0 Å². The molecule has 5 nitrogen and oxygen atoms in total. The second-order valence-corrected chi connectivity index (χ2v) is 11.8. The van der Waals surface area contributed by atoms with E-state index in [2.05, 4.69) is 95.6 Å².